The Morgan fingerprint density at radius 2 is 2.09 bits per heavy atom. The molecule has 2 rings (SSSR count). The molecule has 0 bridgehead atoms. The van der Waals surface area contributed by atoms with Crippen molar-refractivity contribution in [3.8, 4) is 6.07 Å². The molecule has 5 nitrogen and oxygen atoms in total. The first-order valence-corrected chi connectivity index (χ1v) is 8.08. The smallest absolute Gasteiger partial charge is 0.410 e. The highest BCUT2D eigenvalue weighted by Gasteiger charge is 2.27. The van der Waals surface area contributed by atoms with Gasteiger partial charge in [0.15, 0.2) is 0 Å². The Balaban J connectivity index is 1.84. The molecule has 0 unspecified atom stereocenters. The summed E-state index contributed by atoms with van der Waals surface area (Å²) >= 11 is 0. The third-order valence-corrected chi connectivity index (χ3v) is 3.75. The quantitative estimate of drug-likeness (QED) is 0.931. The monoisotopic (exact) mass is 315 g/mol. The van der Waals surface area contributed by atoms with E-state index in [1.165, 1.54) is 0 Å². The Labute approximate surface area is 138 Å². The third-order valence-electron chi connectivity index (χ3n) is 3.75. The number of nitrogens with one attached hydrogen (secondary N) is 1. The molecule has 1 aromatic carbocycles. The molecule has 1 aliphatic rings. The van der Waals surface area contributed by atoms with E-state index < -0.39 is 5.60 Å². The van der Waals surface area contributed by atoms with Gasteiger partial charge in [-0.3, -0.25) is 0 Å². The number of amides is 1. The number of carbonyl (C=O) groups excluding carboxylic acids is 1. The zero-order valence-electron chi connectivity index (χ0n) is 14.1. The molecule has 23 heavy (non-hydrogen) atoms. The van der Waals surface area contributed by atoms with E-state index >= 15 is 0 Å². The number of ether oxygens (including phenoxy) is 1. The molecular weight excluding hydrogens is 290 g/mol. The van der Waals surface area contributed by atoms with Crippen LogP contribution in [0.3, 0.4) is 0 Å². The summed E-state index contributed by atoms with van der Waals surface area (Å²) in [6, 6.07) is 9.95. The lowest BCUT2D eigenvalue weighted by molar-refractivity contribution is 0.0187. The number of piperidine rings is 1. The van der Waals surface area contributed by atoms with E-state index in [9.17, 15) is 4.79 Å². The second-order valence-electron chi connectivity index (χ2n) is 6.96. The molecule has 1 amide bonds. The van der Waals surface area contributed by atoms with Crippen molar-refractivity contribution in [1.82, 2.24) is 10.2 Å². The van der Waals surface area contributed by atoms with Gasteiger partial charge >= 0.3 is 6.09 Å². The fourth-order valence-corrected chi connectivity index (χ4v) is 2.60. The summed E-state index contributed by atoms with van der Waals surface area (Å²) in [7, 11) is 0. The van der Waals surface area contributed by atoms with Gasteiger partial charge < -0.3 is 15.0 Å². The molecule has 1 saturated heterocycles. The molecule has 0 radical (unpaired) electrons. The van der Waals surface area contributed by atoms with Gasteiger partial charge in [0.05, 0.1) is 11.6 Å². The highest BCUT2D eigenvalue weighted by atomic mass is 16.6. The van der Waals surface area contributed by atoms with Gasteiger partial charge in [-0.05, 0) is 51.3 Å². The Kier molecular flexibility index (Phi) is 5.62. The van der Waals surface area contributed by atoms with Gasteiger partial charge in [-0.1, -0.05) is 12.1 Å². The van der Waals surface area contributed by atoms with Gasteiger partial charge in [-0.25, -0.2) is 4.79 Å². The Bertz CT molecular complexity index is 569. The van der Waals surface area contributed by atoms with Gasteiger partial charge in [0.2, 0.25) is 0 Å². The SMILES string of the molecule is CC(C)(C)OC(=O)N1CCC[C@@H](NCc2ccc(C#N)cc2)C1. The van der Waals surface area contributed by atoms with Crippen molar-refractivity contribution >= 4 is 6.09 Å². The van der Waals surface area contributed by atoms with E-state index in [0.717, 1.165) is 31.5 Å². The first-order chi connectivity index (χ1) is 10.9. The molecule has 0 aromatic heterocycles. The number of likely N-dealkylation sites (tertiary alicyclic amines) is 1. The first-order valence-electron chi connectivity index (χ1n) is 8.08. The molecule has 1 atom stereocenters. The van der Waals surface area contributed by atoms with Gasteiger partial charge in [0.25, 0.3) is 0 Å². The predicted molar refractivity (Wildman–Crippen MR) is 88.8 cm³/mol. The number of hydrogen-bond donors (Lipinski definition) is 1. The lowest BCUT2D eigenvalue weighted by Gasteiger charge is -2.34. The van der Waals surface area contributed by atoms with E-state index in [0.29, 0.717) is 12.1 Å². The van der Waals surface area contributed by atoms with Gasteiger partial charge in [0.1, 0.15) is 5.60 Å². The predicted octanol–water partition coefficient (Wildman–Crippen LogP) is 3.05. The average molecular weight is 315 g/mol. The van der Waals surface area contributed by atoms with Crippen LogP contribution in [0.15, 0.2) is 24.3 Å². The van der Waals surface area contributed by atoms with Crippen molar-refractivity contribution in [2.75, 3.05) is 13.1 Å². The van der Waals surface area contributed by atoms with Crippen LogP contribution in [0.4, 0.5) is 4.79 Å². The van der Waals surface area contributed by atoms with Crippen molar-refractivity contribution in [2.45, 2.75) is 51.8 Å². The number of nitrogens with zero attached hydrogens (tertiary/aromatic N) is 2. The summed E-state index contributed by atoms with van der Waals surface area (Å²) in [5, 5.41) is 12.3. The molecule has 0 aliphatic carbocycles. The number of rotatable bonds is 3. The Hall–Kier alpha value is -2.06. The molecule has 1 fully saturated rings. The van der Waals surface area contributed by atoms with Crippen molar-refractivity contribution in [3.05, 3.63) is 35.4 Å². The molecule has 0 spiro atoms. The van der Waals surface area contributed by atoms with Crippen LogP contribution in [0.5, 0.6) is 0 Å². The van der Waals surface area contributed by atoms with Crippen LogP contribution in [0.2, 0.25) is 0 Å². The third kappa shape index (κ3) is 5.57. The van der Waals surface area contributed by atoms with E-state index in [-0.39, 0.29) is 12.1 Å². The first kappa shape index (κ1) is 17.3. The highest BCUT2D eigenvalue weighted by Crippen LogP contribution is 2.16. The minimum absolute atomic E-state index is 0.234. The summed E-state index contributed by atoms with van der Waals surface area (Å²) < 4.78 is 5.44. The number of hydrogen-bond acceptors (Lipinski definition) is 4. The zero-order valence-corrected chi connectivity index (χ0v) is 14.1. The highest BCUT2D eigenvalue weighted by molar-refractivity contribution is 5.68. The number of benzene rings is 1. The largest absolute Gasteiger partial charge is 0.444 e. The molecule has 5 heteroatoms. The molecule has 1 N–H and O–H groups in total. The average Bonchev–Trinajstić information content (AvgIpc) is 2.52. The van der Waals surface area contributed by atoms with Crippen molar-refractivity contribution < 1.29 is 9.53 Å². The van der Waals surface area contributed by atoms with E-state index in [1.807, 2.05) is 45.0 Å². The minimum atomic E-state index is -0.458. The second kappa shape index (κ2) is 7.47. The zero-order chi connectivity index (χ0) is 16.9. The van der Waals surface area contributed by atoms with Crippen LogP contribution in [-0.2, 0) is 11.3 Å². The maximum Gasteiger partial charge on any atom is 0.410 e. The second-order valence-corrected chi connectivity index (χ2v) is 6.96. The van der Waals surface area contributed by atoms with Crippen molar-refractivity contribution in [3.63, 3.8) is 0 Å². The summed E-state index contributed by atoms with van der Waals surface area (Å²) in [6.07, 6.45) is 1.79. The van der Waals surface area contributed by atoms with Crippen LogP contribution in [0.25, 0.3) is 0 Å². The van der Waals surface area contributed by atoms with Crippen LogP contribution < -0.4 is 5.32 Å². The molecular formula is C18H25N3O2. The summed E-state index contributed by atoms with van der Waals surface area (Å²) in [6.45, 7) is 7.81. The van der Waals surface area contributed by atoms with Gasteiger partial charge in [0, 0.05) is 25.7 Å². The normalized spacial score (nSPS) is 18.3. The minimum Gasteiger partial charge on any atom is -0.444 e. The fraction of sp³-hybridized carbons (Fsp3) is 0.556. The molecule has 1 aromatic rings. The van der Waals surface area contributed by atoms with E-state index in [1.54, 1.807) is 4.90 Å². The molecule has 124 valence electrons. The van der Waals surface area contributed by atoms with Gasteiger partial charge in [-0.2, -0.15) is 5.26 Å². The van der Waals surface area contributed by atoms with Crippen LogP contribution >= 0.6 is 0 Å². The van der Waals surface area contributed by atoms with Crippen molar-refractivity contribution in [2.24, 2.45) is 0 Å². The topological polar surface area (TPSA) is 65.4 Å². The van der Waals surface area contributed by atoms with E-state index in [4.69, 9.17) is 10.00 Å². The Morgan fingerprint density at radius 3 is 2.70 bits per heavy atom. The van der Waals surface area contributed by atoms with Crippen LogP contribution in [0, 0.1) is 11.3 Å². The standard InChI is InChI=1S/C18H25N3O2/c1-18(2,3)23-17(22)21-10-4-5-16(13-21)20-12-15-8-6-14(11-19)7-9-15/h6-9,16,20H,4-5,10,12-13H2,1-3H3/t16-/m1/s1. The maximum absolute atomic E-state index is 12.1. The van der Waals surface area contributed by atoms with Crippen LogP contribution in [0.1, 0.15) is 44.7 Å². The molecule has 1 heterocycles. The fourth-order valence-electron chi connectivity index (χ4n) is 2.60. The Morgan fingerprint density at radius 1 is 1.39 bits per heavy atom. The molecule has 1 aliphatic heterocycles. The summed E-state index contributed by atoms with van der Waals surface area (Å²) in [4.78, 5) is 13.9. The number of carbonyl (C=O) groups is 1. The molecule has 0 saturated carbocycles. The van der Waals surface area contributed by atoms with Crippen molar-refractivity contribution in [1.29, 1.82) is 5.26 Å². The maximum atomic E-state index is 12.1. The lowest BCUT2D eigenvalue weighted by atomic mass is 10.1. The summed E-state index contributed by atoms with van der Waals surface area (Å²) in [5.41, 5.74) is 1.35. The van der Waals surface area contributed by atoms with Crippen LogP contribution in [-0.4, -0.2) is 35.7 Å². The summed E-state index contributed by atoms with van der Waals surface area (Å²) in [5.74, 6) is 0. The van der Waals surface area contributed by atoms with Gasteiger partial charge in [-0.15, -0.1) is 0 Å². The lowest BCUT2D eigenvalue weighted by Crippen LogP contribution is -2.49. The number of nitriles is 1. The van der Waals surface area contributed by atoms with E-state index in [2.05, 4.69) is 11.4 Å².